The van der Waals surface area contributed by atoms with E-state index in [9.17, 15) is 4.79 Å². The van der Waals surface area contributed by atoms with Crippen LogP contribution in [0.1, 0.15) is 28.8 Å². The van der Waals surface area contributed by atoms with E-state index < -0.39 is 0 Å². The predicted octanol–water partition coefficient (Wildman–Crippen LogP) is 1.90. The van der Waals surface area contributed by atoms with Gasteiger partial charge in [-0.1, -0.05) is 12.1 Å². The fourth-order valence-corrected chi connectivity index (χ4v) is 1.59. The van der Waals surface area contributed by atoms with E-state index in [0.29, 0.717) is 17.4 Å². The summed E-state index contributed by atoms with van der Waals surface area (Å²) in [4.78, 5) is 11.9. The Kier molecular flexibility index (Phi) is 2.62. The molecule has 0 spiro atoms. The molecule has 0 heterocycles. The van der Waals surface area contributed by atoms with Gasteiger partial charge in [0.15, 0.2) is 0 Å². The Morgan fingerprint density at radius 1 is 1.47 bits per heavy atom. The molecule has 0 saturated heterocycles. The molecule has 0 bridgehead atoms. The van der Waals surface area contributed by atoms with Crippen LogP contribution in [0.25, 0.3) is 0 Å². The van der Waals surface area contributed by atoms with Crippen molar-refractivity contribution < 1.29 is 9.53 Å². The Morgan fingerprint density at radius 2 is 2.20 bits per heavy atom. The number of amides is 1. The molecule has 0 aromatic heterocycles. The molecule has 0 radical (unpaired) electrons. The third kappa shape index (κ3) is 2.12. The maximum atomic E-state index is 11.9. The number of aryl methyl sites for hydroxylation is 1. The summed E-state index contributed by atoms with van der Waals surface area (Å²) in [5.74, 6) is 0.626. The van der Waals surface area contributed by atoms with E-state index in [2.05, 4.69) is 5.32 Å². The topological polar surface area (TPSA) is 38.3 Å². The molecule has 1 aromatic carbocycles. The number of benzene rings is 1. The quantitative estimate of drug-likeness (QED) is 0.818. The molecule has 0 atom stereocenters. The van der Waals surface area contributed by atoms with Crippen LogP contribution in [0.15, 0.2) is 18.2 Å². The van der Waals surface area contributed by atoms with Crippen molar-refractivity contribution in [3.63, 3.8) is 0 Å². The molecule has 3 nitrogen and oxygen atoms in total. The van der Waals surface area contributed by atoms with E-state index in [1.54, 1.807) is 7.11 Å². The van der Waals surface area contributed by atoms with E-state index >= 15 is 0 Å². The Balaban J connectivity index is 2.27. The largest absolute Gasteiger partial charge is 0.496 e. The molecular formula is C12H15NO2. The normalized spacial score (nSPS) is 14.8. The molecule has 2 rings (SSSR count). The van der Waals surface area contributed by atoms with Crippen LogP contribution in [0.4, 0.5) is 0 Å². The van der Waals surface area contributed by atoms with Gasteiger partial charge in [-0.2, -0.15) is 0 Å². The minimum atomic E-state index is -0.0209. The van der Waals surface area contributed by atoms with Crippen LogP contribution in [-0.2, 0) is 0 Å². The lowest BCUT2D eigenvalue weighted by Crippen LogP contribution is -2.26. The van der Waals surface area contributed by atoms with Crippen LogP contribution in [0.2, 0.25) is 0 Å². The number of carbonyl (C=O) groups is 1. The van der Waals surface area contributed by atoms with E-state index in [1.807, 2.05) is 25.1 Å². The summed E-state index contributed by atoms with van der Waals surface area (Å²) >= 11 is 0. The second-order valence-electron chi connectivity index (χ2n) is 3.90. The molecule has 1 amide bonds. The van der Waals surface area contributed by atoms with Gasteiger partial charge < -0.3 is 10.1 Å². The number of ether oxygens (including phenoxy) is 1. The Hall–Kier alpha value is -1.51. The first-order valence-electron chi connectivity index (χ1n) is 5.17. The first kappa shape index (κ1) is 10.0. The van der Waals surface area contributed by atoms with Gasteiger partial charge in [0, 0.05) is 6.04 Å². The Bertz CT molecular complexity index is 383. The van der Waals surface area contributed by atoms with Crippen LogP contribution >= 0.6 is 0 Å². The van der Waals surface area contributed by atoms with Gasteiger partial charge in [-0.05, 0) is 31.4 Å². The second-order valence-corrected chi connectivity index (χ2v) is 3.90. The van der Waals surface area contributed by atoms with Crippen molar-refractivity contribution in [3.8, 4) is 5.75 Å². The predicted molar refractivity (Wildman–Crippen MR) is 58.2 cm³/mol. The van der Waals surface area contributed by atoms with Gasteiger partial charge in [0.25, 0.3) is 5.91 Å². The molecule has 1 aliphatic rings. The fourth-order valence-electron chi connectivity index (χ4n) is 1.59. The standard InChI is InChI=1S/C12H15NO2/c1-8-4-3-5-10(15-2)11(8)12(14)13-9-6-7-9/h3-5,9H,6-7H2,1-2H3,(H,13,14). The van der Waals surface area contributed by atoms with Crippen molar-refractivity contribution in [1.82, 2.24) is 5.32 Å². The summed E-state index contributed by atoms with van der Waals surface area (Å²) in [6.07, 6.45) is 2.19. The van der Waals surface area contributed by atoms with Gasteiger partial charge in [0.2, 0.25) is 0 Å². The average Bonchev–Trinajstić information content (AvgIpc) is 3.00. The zero-order chi connectivity index (χ0) is 10.8. The van der Waals surface area contributed by atoms with Crippen LogP contribution in [-0.4, -0.2) is 19.1 Å². The Morgan fingerprint density at radius 3 is 2.80 bits per heavy atom. The van der Waals surface area contributed by atoms with Crippen molar-refractivity contribution in [2.75, 3.05) is 7.11 Å². The highest BCUT2D eigenvalue weighted by atomic mass is 16.5. The van der Waals surface area contributed by atoms with Crippen molar-refractivity contribution in [2.45, 2.75) is 25.8 Å². The molecule has 3 heteroatoms. The highest BCUT2D eigenvalue weighted by Gasteiger charge is 2.25. The number of nitrogens with one attached hydrogen (secondary N) is 1. The van der Waals surface area contributed by atoms with Gasteiger partial charge in [-0.25, -0.2) is 0 Å². The van der Waals surface area contributed by atoms with E-state index in [-0.39, 0.29) is 5.91 Å². The average molecular weight is 205 g/mol. The van der Waals surface area contributed by atoms with Crippen LogP contribution in [0, 0.1) is 6.92 Å². The molecule has 80 valence electrons. The van der Waals surface area contributed by atoms with Crippen LogP contribution < -0.4 is 10.1 Å². The van der Waals surface area contributed by atoms with Gasteiger partial charge in [0.05, 0.1) is 12.7 Å². The SMILES string of the molecule is COc1cccc(C)c1C(=O)NC1CC1. The summed E-state index contributed by atoms with van der Waals surface area (Å²) in [5, 5.41) is 2.97. The fraction of sp³-hybridized carbons (Fsp3) is 0.417. The molecule has 15 heavy (non-hydrogen) atoms. The van der Waals surface area contributed by atoms with Crippen LogP contribution in [0.5, 0.6) is 5.75 Å². The molecule has 1 N–H and O–H groups in total. The second kappa shape index (κ2) is 3.93. The maximum absolute atomic E-state index is 11.9. The summed E-state index contributed by atoms with van der Waals surface area (Å²) in [7, 11) is 1.59. The third-order valence-electron chi connectivity index (χ3n) is 2.59. The third-order valence-corrected chi connectivity index (χ3v) is 2.59. The molecule has 0 unspecified atom stereocenters. The van der Waals surface area contributed by atoms with Gasteiger partial charge in [-0.15, -0.1) is 0 Å². The lowest BCUT2D eigenvalue weighted by molar-refractivity contribution is 0.0947. The summed E-state index contributed by atoms with van der Waals surface area (Å²) < 4.78 is 5.19. The highest BCUT2D eigenvalue weighted by molar-refractivity contribution is 5.98. The first-order chi connectivity index (χ1) is 7.22. The van der Waals surface area contributed by atoms with Crippen molar-refractivity contribution in [1.29, 1.82) is 0 Å². The Labute approximate surface area is 89.4 Å². The lowest BCUT2D eigenvalue weighted by atomic mass is 10.1. The van der Waals surface area contributed by atoms with E-state index in [4.69, 9.17) is 4.74 Å². The monoisotopic (exact) mass is 205 g/mol. The molecule has 0 aliphatic heterocycles. The highest BCUT2D eigenvalue weighted by Crippen LogP contribution is 2.24. The smallest absolute Gasteiger partial charge is 0.255 e. The van der Waals surface area contributed by atoms with Gasteiger partial charge in [-0.3, -0.25) is 4.79 Å². The molecule has 1 saturated carbocycles. The maximum Gasteiger partial charge on any atom is 0.255 e. The van der Waals surface area contributed by atoms with Gasteiger partial charge >= 0.3 is 0 Å². The van der Waals surface area contributed by atoms with E-state index in [0.717, 1.165) is 18.4 Å². The summed E-state index contributed by atoms with van der Waals surface area (Å²) in [5.41, 5.74) is 1.61. The van der Waals surface area contributed by atoms with Crippen LogP contribution in [0.3, 0.4) is 0 Å². The zero-order valence-electron chi connectivity index (χ0n) is 9.04. The zero-order valence-corrected chi connectivity index (χ0v) is 9.04. The minimum Gasteiger partial charge on any atom is -0.496 e. The van der Waals surface area contributed by atoms with Crippen molar-refractivity contribution in [2.24, 2.45) is 0 Å². The minimum absolute atomic E-state index is 0.0209. The number of hydrogen-bond acceptors (Lipinski definition) is 2. The molecule has 1 aliphatic carbocycles. The first-order valence-corrected chi connectivity index (χ1v) is 5.17. The number of rotatable bonds is 3. The van der Waals surface area contributed by atoms with Crippen molar-refractivity contribution >= 4 is 5.91 Å². The van der Waals surface area contributed by atoms with Crippen molar-refractivity contribution in [3.05, 3.63) is 29.3 Å². The molecular weight excluding hydrogens is 190 g/mol. The number of hydrogen-bond donors (Lipinski definition) is 1. The molecule has 1 aromatic rings. The lowest BCUT2D eigenvalue weighted by Gasteiger charge is -2.11. The van der Waals surface area contributed by atoms with Gasteiger partial charge in [0.1, 0.15) is 5.75 Å². The summed E-state index contributed by atoms with van der Waals surface area (Å²) in [6.45, 7) is 1.92. The molecule has 1 fully saturated rings. The summed E-state index contributed by atoms with van der Waals surface area (Å²) in [6, 6.07) is 6.00. The number of methoxy groups -OCH3 is 1. The van der Waals surface area contributed by atoms with E-state index in [1.165, 1.54) is 0 Å². The number of carbonyl (C=O) groups excluding carboxylic acids is 1.